The van der Waals surface area contributed by atoms with Gasteiger partial charge in [-0.25, -0.2) is 14.2 Å². The fraction of sp³-hybridized carbons (Fsp3) is 0.273. The van der Waals surface area contributed by atoms with Gasteiger partial charge in [0.05, 0.1) is 17.1 Å². The summed E-state index contributed by atoms with van der Waals surface area (Å²) < 4.78 is 23.2. The average molecular weight is 624 g/mol. The number of aromatic nitrogens is 6. The zero-order chi connectivity index (χ0) is 32.7. The molecule has 4 aromatic heterocycles. The number of hydrogen-bond acceptors (Lipinski definition) is 8. The van der Waals surface area contributed by atoms with E-state index in [1.807, 2.05) is 32.2 Å². The maximum Gasteiger partial charge on any atom is 0.412 e. The normalized spacial score (nSPS) is 14.4. The third-order valence-electron chi connectivity index (χ3n) is 7.60. The third-order valence-corrected chi connectivity index (χ3v) is 7.60. The number of hydrogen-bond donors (Lipinski definition) is 3. The Hall–Kier alpha value is -5.59. The fourth-order valence-electron chi connectivity index (χ4n) is 5.29. The molecule has 46 heavy (non-hydrogen) atoms. The summed E-state index contributed by atoms with van der Waals surface area (Å²) in [6.45, 7) is 9.45. The SMILES string of the molecule is Cc1ccncc1-c1cc2cc(Nc3cc4n(n3)CC(=O)N(C)C/C4=C\c3c[nH]nc3C)ncc2c(NC(=O)OC(C)(C)C)c1F. The van der Waals surface area contributed by atoms with Gasteiger partial charge in [0.25, 0.3) is 0 Å². The molecular weight excluding hydrogens is 589 g/mol. The molecule has 0 bridgehead atoms. The van der Waals surface area contributed by atoms with Gasteiger partial charge in [0.1, 0.15) is 18.0 Å². The predicted octanol–water partition coefficient (Wildman–Crippen LogP) is 6.08. The van der Waals surface area contributed by atoms with E-state index in [0.717, 1.165) is 28.1 Å². The molecule has 0 atom stereocenters. The summed E-state index contributed by atoms with van der Waals surface area (Å²) in [6.07, 6.45) is 7.73. The molecule has 6 rings (SSSR count). The molecule has 0 radical (unpaired) electrons. The van der Waals surface area contributed by atoms with Crippen molar-refractivity contribution in [2.75, 3.05) is 24.2 Å². The fourth-order valence-corrected chi connectivity index (χ4v) is 5.29. The smallest absolute Gasteiger partial charge is 0.412 e. The Kier molecular flexibility index (Phi) is 7.76. The first-order chi connectivity index (χ1) is 21.9. The number of benzene rings is 1. The number of likely N-dealkylation sites (N-methyl/N-ethyl adjacent to an activating group) is 1. The van der Waals surface area contributed by atoms with Crippen LogP contribution in [0.4, 0.5) is 26.5 Å². The molecule has 2 amide bonds. The van der Waals surface area contributed by atoms with Gasteiger partial charge in [-0.2, -0.15) is 10.2 Å². The molecule has 236 valence electrons. The van der Waals surface area contributed by atoms with Gasteiger partial charge in [-0.1, -0.05) is 0 Å². The number of carbonyl (C=O) groups is 2. The minimum atomic E-state index is -0.788. The van der Waals surface area contributed by atoms with Crippen LogP contribution in [0.25, 0.3) is 33.5 Å². The van der Waals surface area contributed by atoms with Crippen LogP contribution in [0.15, 0.2) is 49.1 Å². The molecule has 0 unspecified atom stereocenters. The Morgan fingerprint density at radius 2 is 1.91 bits per heavy atom. The Bertz CT molecular complexity index is 2020. The van der Waals surface area contributed by atoms with Gasteiger partial charge >= 0.3 is 6.09 Å². The molecule has 5 heterocycles. The topological polar surface area (TPSA) is 143 Å². The highest BCUT2D eigenvalue weighted by atomic mass is 19.1. The molecule has 3 N–H and O–H groups in total. The van der Waals surface area contributed by atoms with Gasteiger partial charge < -0.3 is 15.0 Å². The lowest BCUT2D eigenvalue weighted by Crippen LogP contribution is -2.28. The van der Waals surface area contributed by atoms with E-state index in [-0.39, 0.29) is 23.7 Å². The molecule has 0 spiro atoms. The zero-order valence-corrected chi connectivity index (χ0v) is 26.4. The van der Waals surface area contributed by atoms with Crippen LogP contribution in [0.5, 0.6) is 0 Å². The summed E-state index contributed by atoms with van der Waals surface area (Å²) in [5.74, 6) is 0.213. The summed E-state index contributed by atoms with van der Waals surface area (Å²) in [5.41, 5.74) is 4.27. The molecule has 5 aromatic rings. The number of aromatic amines is 1. The first-order valence-electron chi connectivity index (χ1n) is 14.7. The van der Waals surface area contributed by atoms with Crippen LogP contribution in [0, 0.1) is 19.7 Å². The number of rotatable bonds is 5. The molecule has 12 nitrogen and oxygen atoms in total. The van der Waals surface area contributed by atoms with Crippen LogP contribution < -0.4 is 10.6 Å². The van der Waals surface area contributed by atoms with Crippen LogP contribution in [-0.4, -0.2) is 66.0 Å². The second-order valence-corrected chi connectivity index (χ2v) is 12.3. The summed E-state index contributed by atoms with van der Waals surface area (Å²) in [5, 5.41) is 18.6. The second kappa shape index (κ2) is 11.7. The van der Waals surface area contributed by atoms with Gasteiger partial charge in [-0.15, -0.1) is 0 Å². The summed E-state index contributed by atoms with van der Waals surface area (Å²) in [4.78, 5) is 35.9. The van der Waals surface area contributed by atoms with Crippen molar-refractivity contribution in [3.05, 3.63) is 77.4 Å². The minimum absolute atomic E-state index is 0.0512. The number of halogens is 1. The lowest BCUT2D eigenvalue weighted by atomic mass is 9.98. The Labute approximate surface area is 264 Å². The van der Waals surface area contributed by atoms with E-state index in [9.17, 15) is 9.59 Å². The van der Waals surface area contributed by atoms with E-state index in [4.69, 9.17) is 4.74 Å². The van der Waals surface area contributed by atoms with E-state index in [1.54, 1.807) is 68.0 Å². The number of ether oxygens (including phenoxy) is 1. The zero-order valence-electron chi connectivity index (χ0n) is 26.4. The summed E-state index contributed by atoms with van der Waals surface area (Å²) >= 11 is 0. The number of fused-ring (bicyclic) bond motifs is 2. The maximum atomic E-state index is 16.1. The molecule has 1 aliphatic rings. The quantitative estimate of drug-likeness (QED) is 0.214. The van der Waals surface area contributed by atoms with E-state index in [0.29, 0.717) is 34.5 Å². The predicted molar refractivity (Wildman–Crippen MR) is 174 cm³/mol. The maximum absolute atomic E-state index is 16.1. The Morgan fingerprint density at radius 1 is 1.11 bits per heavy atom. The molecular formula is C33H34FN9O3. The number of nitrogens with zero attached hydrogens (tertiary/aromatic N) is 6. The Balaban J connectivity index is 1.40. The monoisotopic (exact) mass is 623 g/mol. The molecule has 1 aromatic carbocycles. The van der Waals surface area contributed by atoms with Gasteiger partial charge in [0, 0.05) is 66.5 Å². The van der Waals surface area contributed by atoms with Crippen molar-refractivity contribution in [2.24, 2.45) is 0 Å². The van der Waals surface area contributed by atoms with Crippen molar-refractivity contribution in [3.8, 4) is 11.1 Å². The minimum Gasteiger partial charge on any atom is -0.444 e. The first kappa shape index (κ1) is 30.4. The molecule has 0 saturated heterocycles. The van der Waals surface area contributed by atoms with E-state index < -0.39 is 17.5 Å². The first-order valence-corrected chi connectivity index (χ1v) is 14.7. The molecule has 0 fully saturated rings. The van der Waals surface area contributed by atoms with Crippen LogP contribution >= 0.6 is 0 Å². The van der Waals surface area contributed by atoms with Crippen LogP contribution in [0.2, 0.25) is 0 Å². The van der Waals surface area contributed by atoms with Crippen molar-refractivity contribution in [1.82, 2.24) is 34.8 Å². The van der Waals surface area contributed by atoms with Crippen LogP contribution in [0.1, 0.15) is 43.3 Å². The Morgan fingerprint density at radius 3 is 2.63 bits per heavy atom. The standard InChI is InChI=1S/C33H34FN9O3/c1-18-7-8-35-14-24(18)23-10-20-11-27(36-15-25(20)31(30(23)34)39-32(45)46-33(3,4)5)38-28-12-26-22(9-21-13-37-40-19(21)2)16-42(6)29(44)17-43(26)41-28/h7-15H,16-17H2,1-6H3,(H,37,40)(H,39,45)(H,36,38,41)/b22-9+. The number of carbonyl (C=O) groups excluding carboxylic acids is 2. The summed E-state index contributed by atoms with van der Waals surface area (Å²) in [6, 6.07) is 7.11. The largest absolute Gasteiger partial charge is 0.444 e. The summed E-state index contributed by atoms with van der Waals surface area (Å²) in [7, 11) is 1.76. The lowest BCUT2D eigenvalue weighted by molar-refractivity contribution is -0.129. The lowest BCUT2D eigenvalue weighted by Gasteiger charge is -2.21. The molecule has 0 aliphatic carbocycles. The molecule has 13 heteroatoms. The van der Waals surface area contributed by atoms with Crippen molar-refractivity contribution in [3.63, 3.8) is 0 Å². The third kappa shape index (κ3) is 6.16. The highest BCUT2D eigenvalue weighted by Crippen LogP contribution is 2.37. The van der Waals surface area contributed by atoms with Crippen LogP contribution in [-0.2, 0) is 16.1 Å². The molecule has 1 aliphatic heterocycles. The van der Waals surface area contributed by atoms with Crippen molar-refractivity contribution < 1.29 is 18.7 Å². The average Bonchev–Trinajstić information content (AvgIpc) is 3.55. The number of amides is 2. The number of H-pyrrole nitrogens is 1. The number of aryl methyl sites for hydroxylation is 2. The second-order valence-electron chi connectivity index (χ2n) is 12.3. The van der Waals surface area contributed by atoms with E-state index in [2.05, 4.69) is 35.9 Å². The van der Waals surface area contributed by atoms with Crippen LogP contribution in [0.3, 0.4) is 0 Å². The highest BCUT2D eigenvalue weighted by Gasteiger charge is 2.25. The number of pyridine rings is 2. The van der Waals surface area contributed by atoms with Crippen molar-refractivity contribution in [1.29, 1.82) is 0 Å². The van der Waals surface area contributed by atoms with Gasteiger partial charge in [-0.05, 0) is 75.4 Å². The van der Waals surface area contributed by atoms with Gasteiger partial charge in [0.15, 0.2) is 11.6 Å². The number of nitrogens with one attached hydrogen (secondary N) is 3. The van der Waals surface area contributed by atoms with E-state index >= 15 is 4.39 Å². The molecule has 0 saturated carbocycles. The number of anilines is 3. The van der Waals surface area contributed by atoms with Gasteiger partial charge in [0.2, 0.25) is 5.91 Å². The highest BCUT2D eigenvalue weighted by molar-refractivity contribution is 6.04. The van der Waals surface area contributed by atoms with Crippen molar-refractivity contribution in [2.45, 2.75) is 46.8 Å². The van der Waals surface area contributed by atoms with Gasteiger partial charge in [-0.3, -0.25) is 24.9 Å². The van der Waals surface area contributed by atoms with Crippen molar-refractivity contribution >= 4 is 51.7 Å². The van der Waals surface area contributed by atoms with E-state index in [1.165, 1.54) is 6.20 Å².